The van der Waals surface area contributed by atoms with Crippen LogP contribution >= 0.6 is 0 Å². The van der Waals surface area contributed by atoms with Crippen LogP contribution in [0.25, 0.3) is 0 Å². The number of H-pyrrole nitrogens is 1. The van der Waals surface area contributed by atoms with Crippen LogP contribution in [-0.4, -0.2) is 15.9 Å². The predicted molar refractivity (Wildman–Crippen MR) is 43.9 cm³/mol. The number of carbonyl (C=O) groups is 1. The molecule has 1 amide bonds. The summed E-state index contributed by atoms with van der Waals surface area (Å²) in [7, 11) is 0. The van der Waals surface area contributed by atoms with E-state index in [-0.39, 0.29) is 5.91 Å². The van der Waals surface area contributed by atoms with Gasteiger partial charge in [-0.3, -0.25) is 10.2 Å². The van der Waals surface area contributed by atoms with E-state index in [4.69, 9.17) is 5.84 Å². The molecule has 64 valence electrons. The van der Waals surface area contributed by atoms with E-state index in [0.29, 0.717) is 5.82 Å². The molecule has 1 unspecified atom stereocenters. The van der Waals surface area contributed by atoms with E-state index in [2.05, 4.69) is 16.5 Å². The Hall–Kier alpha value is -1.62. The lowest BCUT2D eigenvalue weighted by Crippen LogP contribution is -2.34. The minimum absolute atomic E-state index is 0.333. The number of amides is 1. The fourth-order valence-electron chi connectivity index (χ4n) is 0.880. The molecular formula is C7H10N4O. The molecule has 0 fully saturated rings. The zero-order chi connectivity index (χ0) is 8.97. The average molecular weight is 166 g/mol. The van der Waals surface area contributed by atoms with Crippen molar-refractivity contribution in [1.82, 2.24) is 15.4 Å². The molecule has 0 saturated heterocycles. The molecule has 12 heavy (non-hydrogen) atoms. The summed E-state index contributed by atoms with van der Waals surface area (Å²) in [4.78, 5) is 17.8. The van der Waals surface area contributed by atoms with E-state index < -0.39 is 5.92 Å². The molecule has 0 spiro atoms. The van der Waals surface area contributed by atoms with Crippen LogP contribution in [0.15, 0.2) is 25.0 Å². The highest BCUT2D eigenvalue weighted by Crippen LogP contribution is 2.10. The molecule has 0 bridgehead atoms. The number of aromatic amines is 1. The lowest BCUT2D eigenvalue weighted by Gasteiger charge is -2.06. The van der Waals surface area contributed by atoms with Crippen molar-refractivity contribution in [1.29, 1.82) is 0 Å². The first-order valence-corrected chi connectivity index (χ1v) is 3.42. The van der Waals surface area contributed by atoms with Gasteiger partial charge in [0.05, 0.1) is 0 Å². The van der Waals surface area contributed by atoms with Crippen molar-refractivity contribution in [3.05, 3.63) is 30.9 Å². The smallest absolute Gasteiger partial charge is 0.248 e. The quantitative estimate of drug-likeness (QED) is 0.249. The van der Waals surface area contributed by atoms with E-state index in [0.717, 1.165) is 0 Å². The molecule has 1 heterocycles. The molecule has 1 aromatic heterocycles. The molecule has 0 aromatic carbocycles. The van der Waals surface area contributed by atoms with Crippen molar-refractivity contribution in [2.24, 2.45) is 5.84 Å². The van der Waals surface area contributed by atoms with Crippen molar-refractivity contribution in [2.45, 2.75) is 5.92 Å². The molecule has 1 aromatic rings. The number of nitrogens with two attached hydrogens (primary N) is 1. The molecular weight excluding hydrogens is 156 g/mol. The standard InChI is InChI=1S/C7H10N4O/c1-2-5(7(12)11-8)6-9-3-4-10-6/h2-5H,1,8H2,(H,9,10)(H,11,12). The minimum Gasteiger partial charge on any atom is -0.348 e. The van der Waals surface area contributed by atoms with Gasteiger partial charge in [-0.25, -0.2) is 10.8 Å². The first kappa shape index (κ1) is 8.48. The second kappa shape index (κ2) is 3.68. The van der Waals surface area contributed by atoms with Crippen LogP contribution < -0.4 is 11.3 Å². The SMILES string of the molecule is C=CC(C(=O)NN)c1ncc[nH]1. The maximum absolute atomic E-state index is 11.1. The summed E-state index contributed by atoms with van der Waals surface area (Å²) in [6, 6.07) is 0. The highest BCUT2D eigenvalue weighted by atomic mass is 16.2. The van der Waals surface area contributed by atoms with Gasteiger partial charge in [0.25, 0.3) is 0 Å². The molecule has 5 nitrogen and oxygen atoms in total. The fraction of sp³-hybridized carbons (Fsp3) is 0.143. The van der Waals surface area contributed by atoms with E-state index in [1.54, 1.807) is 12.4 Å². The lowest BCUT2D eigenvalue weighted by atomic mass is 10.1. The third-order valence-electron chi connectivity index (χ3n) is 1.47. The molecule has 5 heteroatoms. The fourth-order valence-corrected chi connectivity index (χ4v) is 0.880. The van der Waals surface area contributed by atoms with E-state index in [9.17, 15) is 4.79 Å². The molecule has 1 rings (SSSR count). The second-order valence-corrected chi connectivity index (χ2v) is 2.20. The molecule has 0 aliphatic carbocycles. The molecule has 0 aliphatic heterocycles. The van der Waals surface area contributed by atoms with Gasteiger partial charge < -0.3 is 4.98 Å². The van der Waals surface area contributed by atoms with Crippen molar-refractivity contribution in [3.8, 4) is 0 Å². The summed E-state index contributed by atoms with van der Waals surface area (Å²) in [5.74, 6) is 4.66. The van der Waals surface area contributed by atoms with Gasteiger partial charge in [-0.2, -0.15) is 0 Å². The number of nitrogens with one attached hydrogen (secondary N) is 2. The van der Waals surface area contributed by atoms with Crippen LogP contribution in [0.1, 0.15) is 11.7 Å². The van der Waals surface area contributed by atoms with Crippen molar-refractivity contribution in [3.63, 3.8) is 0 Å². The van der Waals surface area contributed by atoms with Crippen LogP contribution in [0.4, 0.5) is 0 Å². The van der Waals surface area contributed by atoms with Gasteiger partial charge in [0, 0.05) is 12.4 Å². The Morgan fingerprint density at radius 1 is 1.92 bits per heavy atom. The molecule has 0 aliphatic rings. The predicted octanol–water partition coefficient (Wildman–Crippen LogP) is -0.331. The van der Waals surface area contributed by atoms with Crippen LogP contribution in [0.2, 0.25) is 0 Å². The highest BCUT2D eigenvalue weighted by Gasteiger charge is 2.17. The Morgan fingerprint density at radius 2 is 2.67 bits per heavy atom. The van der Waals surface area contributed by atoms with Gasteiger partial charge in [0.1, 0.15) is 11.7 Å². The summed E-state index contributed by atoms with van der Waals surface area (Å²) >= 11 is 0. The Bertz CT molecular complexity index is 267. The van der Waals surface area contributed by atoms with Gasteiger partial charge >= 0.3 is 0 Å². The van der Waals surface area contributed by atoms with Crippen LogP contribution in [0, 0.1) is 0 Å². The van der Waals surface area contributed by atoms with Crippen LogP contribution in [-0.2, 0) is 4.79 Å². The van der Waals surface area contributed by atoms with Gasteiger partial charge in [0.2, 0.25) is 5.91 Å². The van der Waals surface area contributed by atoms with Gasteiger partial charge in [-0.15, -0.1) is 6.58 Å². The summed E-state index contributed by atoms with van der Waals surface area (Å²) in [5.41, 5.74) is 2.03. The van der Waals surface area contributed by atoms with Crippen molar-refractivity contribution < 1.29 is 4.79 Å². The largest absolute Gasteiger partial charge is 0.348 e. The highest BCUT2D eigenvalue weighted by molar-refractivity contribution is 5.83. The molecule has 0 radical (unpaired) electrons. The van der Waals surface area contributed by atoms with Crippen molar-refractivity contribution >= 4 is 5.91 Å². The number of rotatable bonds is 3. The van der Waals surface area contributed by atoms with Gasteiger partial charge in [0.15, 0.2) is 0 Å². The number of hydrogen-bond donors (Lipinski definition) is 3. The number of carbonyl (C=O) groups excluding carboxylic acids is 1. The first-order valence-electron chi connectivity index (χ1n) is 3.42. The summed E-state index contributed by atoms with van der Waals surface area (Å²) in [5, 5.41) is 0. The van der Waals surface area contributed by atoms with Crippen LogP contribution in [0.3, 0.4) is 0 Å². The van der Waals surface area contributed by atoms with Crippen LogP contribution in [0.5, 0.6) is 0 Å². The summed E-state index contributed by atoms with van der Waals surface area (Å²) < 4.78 is 0. The first-order chi connectivity index (χ1) is 5.79. The molecule has 1 atom stereocenters. The lowest BCUT2D eigenvalue weighted by molar-refractivity contribution is -0.121. The zero-order valence-corrected chi connectivity index (χ0v) is 6.45. The number of aromatic nitrogens is 2. The Labute approximate surface area is 69.7 Å². The zero-order valence-electron chi connectivity index (χ0n) is 6.45. The minimum atomic E-state index is -0.509. The Balaban J connectivity index is 2.83. The number of hydrazine groups is 1. The maximum atomic E-state index is 11.1. The maximum Gasteiger partial charge on any atom is 0.248 e. The van der Waals surface area contributed by atoms with Gasteiger partial charge in [-0.1, -0.05) is 6.08 Å². The Morgan fingerprint density at radius 3 is 3.08 bits per heavy atom. The van der Waals surface area contributed by atoms with E-state index in [1.165, 1.54) is 6.08 Å². The third-order valence-corrected chi connectivity index (χ3v) is 1.47. The monoisotopic (exact) mass is 166 g/mol. The Kier molecular flexibility index (Phi) is 2.60. The van der Waals surface area contributed by atoms with E-state index in [1.807, 2.05) is 5.43 Å². The normalized spacial score (nSPS) is 12.1. The molecule has 0 saturated carbocycles. The summed E-state index contributed by atoms with van der Waals surface area (Å²) in [6.45, 7) is 3.51. The van der Waals surface area contributed by atoms with E-state index >= 15 is 0 Å². The number of imidazole rings is 1. The van der Waals surface area contributed by atoms with Gasteiger partial charge in [-0.05, 0) is 0 Å². The third kappa shape index (κ3) is 1.51. The number of nitrogens with zero attached hydrogens (tertiary/aromatic N) is 1. The summed E-state index contributed by atoms with van der Waals surface area (Å²) in [6.07, 6.45) is 4.67. The number of hydrogen-bond acceptors (Lipinski definition) is 3. The second-order valence-electron chi connectivity index (χ2n) is 2.20. The molecule has 4 N–H and O–H groups in total. The van der Waals surface area contributed by atoms with Crippen molar-refractivity contribution in [2.75, 3.05) is 0 Å². The average Bonchev–Trinajstić information content (AvgIpc) is 2.58. The topological polar surface area (TPSA) is 83.8 Å².